The number of nitrogens with one attached hydrogen (secondary N) is 1. The molecule has 3 aromatic rings. The van der Waals surface area contributed by atoms with Crippen molar-refractivity contribution in [2.75, 3.05) is 18.9 Å². The molecule has 0 fully saturated rings. The van der Waals surface area contributed by atoms with E-state index in [0.29, 0.717) is 28.6 Å². The molecular formula is C23H21ClN2O3. The molecule has 5 nitrogen and oxygen atoms in total. The van der Waals surface area contributed by atoms with E-state index in [1.54, 1.807) is 55.6 Å². The summed E-state index contributed by atoms with van der Waals surface area (Å²) >= 11 is 6.04. The molecule has 0 aliphatic carbocycles. The van der Waals surface area contributed by atoms with Crippen LogP contribution in [0.25, 0.3) is 0 Å². The summed E-state index contributed by atoms with van der Waals surface area (Å²) in [5, 5.41) is 3.15. The highest BCUT2D eigenvalue weighted by molar-refractivity contribution is 6.33. The van der Waals surface area contributed by atoms with Crippen molar-refractivity contribution in [2.24, 2.45) is 0 Å². The fourth-order valence-electron chi connectivity index (χ4n) is 2.69. The zero-order valence-corrected chi connectivity index (χ0v) is 16.7. The van der Waals surface area contributed by atoms with Crippen molar-refractivity contribution in [3.63, 3.8) is 0 Å². The topological polar surface area (TPSA) is 58.6 Å². The number of ether oxygens (including phenoxy) is 1. The minimum Gasteiger partial charge on any atom is -0.489 e. The highest BCUT2D eigenvalue weighted by Crippen LogP contribution is 2.20. The van der Waals surface area contributed by atoms with Crippen molar-refractivity contribution in [3.05, 3.63) is 95.0 Å². The number of rotatable bonds is 7. The predicted molar refractivity (Wildman–Crippen MR) is 114 cm³/mol. The highest BCUT2D eigenvalue weighted by atomic mass is 35.5. The van der Waals surface area contributed by atoms with Crippen LogP contribution in [0.5, 0.6) is 5.75 Å². The van der Waals surface area contributed by atoms with Crippen LogP contribution in [0, 0.1) is 0 Å². The molecule has 2 amide bonds. The Kier molecular flexibility index (Phi) is 6.87. The molecule has 0 spiro atoms. The number of amides is 2. The van der Waals surface area contributed by atoms with Crippen molar-refractivity contribution in [3.8, 4) is 5.75 Å². The van der Waals surface area contributed by atoms with E-state index >= 15 is 0 Å². The molecule has 0 aliphatic rings. The maximum Gasteiger partial charge on any atom is 0.254 e. The lowest BCUT2D eigenvalue weighted by molar-refractivity contribution is -0.116. The van der Waals surface area contributed by atoms with Crippen LogP contribution in [0.1, 0.15) is 15.9 Å². The van der Waals surface area contributed by atoms with Gasteiger partial charge in [-0.1, -0.05) is 54.1 Å². The molecular weight excluding hydrogens is 388 g/mol. The van der Waals surface area contributed by atoms with E-state index in [-0.39, 0.29) is 18.4 Å². The Morgan fingerprint density at radius 2 is 1.59 bits per heavy atom. The lowest BCUT2D eigenvalue weighted by Crippen LogP contribution is -2.34. The van der Waals surface area contributed by atoms with Crippen LogP contribution >= 0.6 is 11.6 Å². The normalized spacial score (nSPS) is 10.3. The monoisotopic (exact) mass is 408 g/mol. The van der Waals surface area contributed by atoms with Crippen LogP contribution in [0.15, 0.2) is 78.9 Å². The van der Waals surface area contributed by atoms with Gasteiger partial charge in [-0.3, -0.25) is 9.59 Å². The fourth-order valence-corrected chi connectivity index (χ4v) is 2.88. The molecule has 0 aliphatic heterocycles. The first-order valence-corrected chi connectivity index (χ1v) is 9.47. The first-order chi connectivity index (χ1) is 14.0. The smallest absolute Gasteiger partial charge is 0.254 e. The van der Waals surface area contributed by atoms with Crippen molar-refractivity contribution < 1.29 is 14.3 Å². The van der Waals surface area contributed by atoms with E-state index in [1.165, 1.54) is 4.90 Å². The summed E-state index contributed by atoms with van der Waals surface area (Å²) in [5.41, 5.74) is 2.06. The predicted octanol–water partition coefficient (Wildman–Crippen LogP) is 4.63. The van der Waals surface area contributed by atoms with Gasteiger partial charge in [-0.05, 0) is 42.0 Å². The molecule has 3 aromatic carbocycles. The number of hydrogen-bond donors (Lipinski definition) is 1. The lowest BCUT2D eigenvalue weighted by Gasteiger charge is -2.17. The van der Waals surface area contributed by atoms with E-state index in [0.717, 1.165) is 5.56 Å². The first-order valence-electron chi connectivity index (χ1n) is 9.09. The summed E-state index contributed by atoms with van der Waals surface area (Å²) in [6.45, 7) is 0.368. The second kappa shape index (κ2) is 9.75. The van der Waals surface area contributed by atoms with Gasteiger partial charge in [-0.2, -0.15) is 0 Å². The number of likely N-dealkylation sites (N-methyl/N-ethyl adjacent to an activating group) is 1. The Hall–Kier alpha value is -3.31. The Labute approximate surface area is 174 Å². The van der Waals surface area contributed by atoms with E-state index in [4.69, 9.17) is 16.3 Å². The van der Waals surface area contributed by atoms with Crippen molar-refractivity contribution in [1.82, 2.24) is 4.90 Å². The van der Waals surface area contributed by atoms with Gasteiger partial charge < -0.3 is 15.0 Å². The number of halogens is 1. The molecule has 0 unspecified atom stereocenters. The van der Waals surface area contributed by atoms with Crippen LogP contribution in [-0.4, -0.2) is 30.3 Å². The quantitative estimate of drug-likeness (QED) is 0.620. The minimum atomic E-state index is -0.322. The molecule has 1 N–H and O–H groups in total. The second-order valence-corrected chi connectivity index (χ2v) is 6.90. The van der Waals surface area contributed by atoms with Crippen molar-refractivity contribution in [1.29, 1.82) is 0 Å². The average Bonchev–Trinajstić information content (AvgIpc) is 2.74. The third-order valence-electron chi connectivity index (χ3n) is 4.23. The molecule has 0 saturated heterocycles. The zero-order chi connectivity index (χ0) is 20.6. The molecule has 3 rings (SSSR count). The van der Waals surface area contributed by atoms with E-state index in [1.807, 2.05) is 30.3 Å². The maximum atomic E-state index is 12.6. The Balaban J connectivity index is 1.53. The molecule has 0 aromatic heterocycles. The molecule has 0 radical (unpaired) electrons. The van der Waals surface area contributed by atoms with Crippen LogP contribution < -0.4 is 10.1 Å². The third kappa shape index (κ3) is 5.83. The largest absolute Gasteiger partial charge is 0.489 e. The molecule has 148 valence electrons. The van der Waals surface area contributed by atoms with Gasteiger partial charge >= 0.3 is 0 Å². The standard InChI is InChI=1S/C23H21ClN2O3/c1-26(15-22(27)25-21-10-6-5-9-20(21)24)23(28)18-11-13-19(14-12-18)29-16-17-7-3-2-4-8-17/h2-14H,15-16H2,1H3,(H,25,27). The minimum absolute atomic E-state index is 0.0870. The molecule has 6 heteroatoms. The molecule has 0 saturated carbocycles. The number of benzene rings is 3. The Morgan fingerprint density at radius 1 is 0.931 bits per heavy atom. The number of anilines is 1. The maximum absolute atomic E-state index is 12.6. The van der Waals surface area contributed by atoms with Crippen molar-refractivity contribution in [2.45, 2.75) is 6.61 Å². The lowest BCUT2D eigenvalue weighted by atomic mass is 10.2. The number of carbonyl (C=O) groups is 2. The number of para-hydroxylation sites is 1. The Bertz CT molecular complexity index is 975. The summed E-state index contributed by atoms with van der Waals surface area (Å²) < 4.78 is 5.73. The third-order valence-corrected chi connectivity index (χ3v) is 4.55. The van der Waals surface area contributed by atoms with Crippen molar-refractivity contribution >= 4 is 29.1 Å². The van der Waals surface area contributed by atoms with E-state index < -0.39 is 0 Å². The molecule has 0 bridgehead atoms. The van der Waals surface area contributed by atoms with Gasteiger partial charge in [0.05, 0.1) is 17.3 Å². The fraction of sp³-hybridized carbons (Fsp3) is 0.130. The molecule has 0 heterocycles. The molecule has 29 heavy (non-hydrogen) atoms. The number of hydrogen-bond acceptors (Lipinski definition) is 3. The van der Waals surface area contributed by atoms with Crippen LogP contribution in [0.4, 0.5) is 5.69 Å². The van der Waals surface area contributed by atoms with Crippen LogP contribution in [-0.2, 0) is 11.4 Å². The zero-order valence-electron chi connectivity index (χ0n) is 16.0. The SMILES string of the molecule is CN(CC(=O)Nc1ccccc1Cl)C(=O)c1ccc(OCc2ccccc2)cc1. The highest BCUT2D eigenvalue weighted by Gasteiger charge is 2.15. The van der Waals surface area contributed by atoms with E-state index in [2.05, 4.69) is 5.32 Å². The van der Waals surface area contributed by atoms with E-state index in [9.17, 15) is 9.59 Å². The summed E-state index contributed by atoms with van der Waals surface area (Å²) in [4.78, 5) is 26.1. The van der Waals surface area contributed by atoms with Gasteiger partial charge in [0.25, 0.3) is 5.91 Å². The number of carbonyl (C=O) groups excluding carboxylic acids is 2. The van der Waals surface area contributed by atoms with Gasteiger partial charge in [0.2, 0.25) is 5.91 Å². The summed E-state index contributed by atoms with van der Waals surface area (Å²) in [6.07, 6.45) is 0. The summed E-state index contributed by atoms with van der Waals surface area (Å²) in [7, 11) is 1.58. The summed E-state index contributed by atoms with van der Waals surface area (Å²) in [5.74, 6) is 0.0928. The van der Waals surface area contributed by atoms with Gasteiger partial charge in [-0.15, -0.1) is 0 Å². The average molecular weight is 409 g/mol. The summed E-state index contributed by atoms with van der Waals surface area (Å²) in [6, 6.07) is 23.6. The number of nitrogens with zero attached hydrogens (tertiary/aromatic N) is 1. The van der Waals surface area contributed by atoms with Gasteiger partial charge in [-0.25, -0.2) is 0 Å². The first kappa shape index (κ1) is 20.4. The van der Waals surface area contributed by atoms with Gasteiger partial charge in [0.1, 0.15) is 12.4 Å². The van der Waals surface area contributed by atoms with Gasteiger partial charge in [0.15, 0.2) is 0 Å². The van der Waals surface area contributed by atoms with Crippen LogP contribution in [0.3, 0.4) is 0 Å². The van der Waals surface area contributed by atoms with Crippen LogP contribution in [0.2, 0.25) is 5.02 Å². The Morgan fingerprint density at radius 3 is 2.28 bits per heavy atom. The molecule has 0 atom stereocenters. The van der Waals surface area contributed by atoms with Gasteiger partial charge in [0, 0.05) is 12.6 Å². The second-order valence-electron chi connectivity index (χ2n) is 6.49.